The van der Waals surface area contributed by atoms with Crippen LogP contribution in [0, 0.1) is 0 Å². The lowest BCUT2D eigenvalue weighted by Gasteiger charge is -2.18. The van der Waals surface area contributed by atoms with Crippen LogP contribution in [0.5, 0.6) is 0 Å². The van der Waals surface area contributed by atoms with Crippen LogP contribution in [-0.2, 0) is 19.4 Å². The number of nitrogens with zero attached hydrogens (tertiary/aromatic N) is 2. The third-order valence-electron chi connectivity index (χ3n) is 4.01. The second kappa shape index (κ2) is 6.12. The Labute approximate surface area is 125 Å². The molecule has 0 saturated carbocycles. The number of rotatable bonds is 4. The lowest BCUT2D eigenvalue weighted by molar-refractivity contribution is 0.0936. The zero-order valence-electron chi connectivity index (χ0n) is 12.4. The van der Waals surface area contributed by atoms with Crippen LogP contribution in [0.2, 0.25) is 0 Å². The maximum Gasteiger partial charge on any atom is 0.251 e. The van der Waals surface area contributed by atoms with Crippen LogP contribution < -0.4 is 5.32 Å². The largest absolute Gasteiger partial charge is 0.348 e. The molecule has 2 aromatic rings. The smallest absolute Gasteiger partial charge is 0.251 e. The summed E-state index contributed by atoms with van der Waals surface area (Å²) in [5, 5.41) is 7.20. The lowest BCUT2D eigenvalue weighted by Crippen LogP contribution is -2.35. The number of hydrogen-bond acceptors (Lipinski definition) is 2. The molecule has 1 aliphatic carbocycles. The molecule has 4 nitrogen and oxygen atoms in total. The number of aromatic nitrogens is 2. The van der Waals surface area contributed by atoms with Gasteiger partial charge >= 0.3 is 0 Å². The van der Waals surface area contributed by atoms with E-state index in [1.165, 1.54) is 24.0 Å². The van der Waals surface area contributed by atoms with Gasteiger partial charge in [0.25, 0.3) is 5.91 Å². The maximum atomic E-state index is 12.3. The van der Waals surface area contributed by atoms with E-state index in [9.17, 15) is 4.79 Å². The summed E-state index contributed by atoms with van der Waals surface area (Å²) in [5.41, 5.74) is 3.51. The summed E-state index contributed by atoms with van der Waals surface area (Å²) in [6, 6.07) is 8.05. The third kappa shape index (κ3) is 3.32. The van der Waals surface area contributed by atoms with Gasteiger partial charge in [0.2, 0.25) is 0 Å². The highest BCUT2D eigenvalue weighted by atomic mass is 16.1. The van der Waals surface area contributed by atoms with Crippen molar-refractivity contribution < 1.29 is 4.79 Å². The predicted octanol–water partition coefficient (Wildman–Crippen LogP) is 2.58. The Morgan fingerprint density at radius 3 is 2.90 bits per heavy atom. The Morgan fingerprint density at radius 2 is 2.14 bits per heavy atom. The highest BCUT2D eigenvalue weighted by molar-refractivity contribution is 5.94. The minimum Gasteiger partial charge on any atom is -0.348 e. The second-order valence-corrected chi connectivity index (χ2v) is 5.79. The number of nitrogens with one attached hydrogen (secondary N) is 1. The minimum absolute atomic E-state index is 0.00281. The van der Waals surface area contributed by atoms with E-state index < -0.39 is 0 Å². The Hall–Kier alpha value is -2.10. The first kappa shape index (κ1) is 13.9. The zero-order chi connectivity index (χ0) is 14.7. The van der Waals surface area contributed by atoms with E-state index >= 15 is 0 Å². The van der Waals surface area contributed by atoms with Crippen molar-refractivity contribution in [3.63, 3.8) is 0 Å². The van der Waals surface area contributed by atoms with Gasteiger partial charge in [0.05, 0.1) is 6.54 Å². The summed E-state index contributed by atoms with van der Waals surface area (Å²) in [7, 11) is 0. The van der Waals surface area contributed by atoms with E-state index in [1.54, 1.807) is 6.20 Å². The van der Waals surface area contributed by atoms with E-state index in [-0.39, 0.29) is 11.9 Å². The normalized spacial score (nSPS) is 15.3. The molecule has 1 atom stereocenters. The summed E-state index contributed by atoms with van der Waals surface area (Å²) in [6.07, 6.45) is 8.39. The van der Waals surface area contributed by atoms with Crippen LogP contribution in [0.4, 0.5) is 0 Å². The number of amides is 1. The summed E-state index contributed by atoms with van der Waals surface area (Å²) in [5.74, 6) is 0.00281. The topological polar surface area (TPSA) is 46.9 Å². The molecule has 4 heteroatoms. The Kier molecular flexibility index (Phi) is 4.04. The highest BCUT2D eigenvalue weighted by Gasteiger charge is 2.14. The molecular weight excluding hydrogens is 262 g/mol. The van der Waals surface area contributed by atoms with E-state index in [2.05, 4.69) is 22.5 Å². The van der Waals surface area contributed by atoms with Gasteiger partial charge in [-0.05, 0) is 61.9 Å². The molecule has 0 fully saturated rings. The summed E-state index contributed by atoms with van der Waals surface area (Å²) in [6.45, 7) is 2.68. The first-order valence-corrected chi connectivity index (χ1v) is 7.62. The Bertz CT molecular complexity index is 619. The Balaban J connectivity index is 1.64. The number of benzene rings is 1. The van der Waals surface area contributed by atoms with Crippen LogP contribution in [0.3, 0.4) is 0 Å². The summed E-state index contributed by atoms with van der Waals surface area (Å²) >= 11 is 0. The molecule has 21 heavy (non-hydrogen) atoms. The van der Waals surface area contributed by atoms with Crippen LogP contribution in [0.25, 0.3) is 0 Å². The monoisotopic (exact) mass is 283 g/mol. The summed E-state index contributed by atoms with van der Waals surface area (Å²) in [4.78, 5) is 12.3. The molecule has 0 unspecified atom stereocenters. The van der Waals surface area contributed by atoms with E-state index in [0.29, 0.717) is 6.54 Å². The molecule has 0 aliphatic heterocycles. The van der Waals surface area contributed by atoms with E-state index in [0.717, 1.165) is 18.4 Å². The molecule has 0 spiro atoms. The first-order chi connectivity index (χ1) is 10.2. The number of carbonyl (C=O) groups excluding carboxylic acids is 1. The van der Waals surface area contributed by atoms with E-state index in [1.807, 2.05) is 29.9 Å². The van der Waals surface area contributed by atoms with Crippen molar-refractivity contribution in [3.8, 4) is 0 Å². The maximum absolute atomic E-state index is 12.3. The average Bonchev–Trinajstić information content (AvgIpc) is 2.99. The van der Waals surface area contributed by atoms with Crippen LogP contribution in [0.15, 0.2) is 36.7 Å². The molecule has 3 rings (SSSR count). The molecule has 1 aliphatic rings. The molecule has 0 radical (unpaired) electrons. The van der Waals surface area contributed by atoms with Gasteiger partial charge in [-0.15, -0.1) is 0 Å². The number of fused-ring (bicyclic) bond motifs is 1. The van der Waals surface area contributed by atoms with Crippen molar-refractivity contribution in [1.29, 1.82) is 0 Å². The molecule has 1 amide bonds. The van der Waals surface area contributed by atoms with Gasteiger partial charge in [0, 0.05) is 24.0 Å². The van der Waals surface area contributed by atoms with Crippen LogP contribution >= 0.6 is 0 Å². The fourth-order valence-corrected chi connectivity index (χ4v) is 2.92. The molecule has 0 bridgehead atoms. The number of hydrogen-bond donors (Lipinski definition) is 1. The van der Waals surface area contributed by atoms with Gasteiger partial charge in [-0.3, -0.25) is 9.48 Å². The van der Waals surface area contributed by atoms with Crippen molar-refractivity contribution >= 4 is 5.91 Å². The lowest BCUT2D eigenvalue weighted by atomic mass is 9.90. The van der Waals surface area contributed by atoms with E-state index in [4.69, 9.17) is 0 Å². The predicted molar refractivity (Wildman–Crippen MR) is 82.2 cm³/mol. The second-order valence-electron chi connectivity index (χ2n) is 5.79. The molecule has 1 N–H and O–H groups in total. The number of carbonyl (C=O) groups is 1. The molecule has 1 aromatic carbocycles. The van der Waals surface area contributed by atoms with Crippen molar-refractivity contribution in [2.45, 2.75) is 45.2 Å². The van der Waals surface area contributed by atoms with Crippen molar-refractivity contribution in [2.75, 3.05) is 0 Å². The minimum atomic E-state index is 0.00281. The van der Waals surface area contributed by atoms with Gasteiger partial charge in [-0.25, -0.2) is 0 Å². The highest BCUT2D eigenvalue weighted by Crippen LogP contribution is 2.22. The first-order valence-electron chi connectivity index (χ1n) is 7.62. The van der Waals surface area contributed by atoms with Gasteiger partial charge in [-0.1, -0.05) is 6.07 Å². The fraction of sp³-hybridized carbons (Fsp3) is 0.412. The van der Waals surface area contributed by atoms with Crippen molar-refractivity contribution in [1.82, 2.24) is 15.1 Å². The average molecular weight is 283 g/mol. The van der Waals surface area contributed by atoms with Crippen molar-refractivity contribution in [2.24, 2.45) is 0 Å². The molecule has 0 saturated heterocycles. The quantitative estimate of drug-likeness (QED) is 0.937. The van der Waals surface area contributed by atoms with Crippen molar-refractivity contribution in [3.05, 3.63) is 53.3 Å². The van der Waals surface area contributed by atoms with Crippen LogP contribution in [0.1, 0.15) is 41.3 Å². The molecule has 110 valence electrons. The fourth-order valence-electron chi connectivity index (χ4n) is 2.92. The SMILES string of the molecule is C[C@H](Cn1cccn1)NC(=O)c1ccc2c(c1)CCCC2. The van der Waals surface area contributed by atoms with Gasteiger partial charge in [-0.2, -0.15) is 5.10 Å². The molecule has 1 aromatic heterocycles. The third-order valence-corrected chi connectivity index (χ3v) is 4.01. The van der Waals surface area contributed by atoms with Gasteiger partial charge in [0.1, 0.15) is 0 Å². The number of aryl methyl sites for hydroxylation is 2. The van der Waals surface area contributed by atoms with Gasteiger partial charge < -0.3 is 5.32 Å². The Morgan fingerprint density at radius 1 is 1.33 bits per heavy atom. The standard InChI is InChI=1S/C17H21N3O/c1-13(12-20-10-4-9-18-20)19-17(21)16-8-7-14-5-2-3-6-15(14)11-16/h4,7-11,13H,2-3,5-6,12H2,1H3,(H,19,21)/t13-/m1/s1. The molecule has 1 heterocycles. The zero-order valence-corrected chi connectivity index (χ0v) is 12.4. The summed E-state index contributed by atoms with van der Waals surface area (Å²) < 4.78 is 1.83. The molecular formula is C17H21N3O. The van der Waals surface area contributed by atoms with Gasteiger partial charge in [0.15, 0.2) is 0 Å². The van der Waals surface area contributed by atoms with Crippen LogP contribution in [-0.4, -0.2) is 21.7 Å².